The van der Waals surface area contributed by atoms with Crippen LogP contribution in [-0.4, -0.2) is 12.2 Å². The SMILES string of the molecule is COc1ccc(CNc2cc(Cl)c(O)c(Cl)c2)cc1C. The van der Waals surface area contributed by atoms with Crippen LogP contribution in [0.3, 0.4) is 0 Å². The monoisotopic (exact) mass is 311 g/mol. The van der Waals surface area contributed by atoms with Crippen LogP contribution in [0.4, 0.5) is 5.69 Å². The molecular formula is C15H15Cl2NO2. The zero-order chi connectivity index (χ0) is 14.7. The van der Waals surface area contributed by atoms with Crippen LogP contribution < -0.4 is 10.1 Å². The summed E-state index contributed by atoms with van der Waals surface area (Å²) in [5.74, 6) is 0.767. The predicted octanol–water partition coefficient (Wildman–Crippen LogP) is 4.63. The molecule has 2 N–H and O–H groups in total. The van der Waals surface area contributed by atoms with Gasteiger partial charge in [0.2, 0.25) is 0 Å². The topological polar surface area (TPSA) is 41.5 Å². The molecule has 0 fully saturated rings. The van der Waals surface area contributed by atoms with Gasteiger partial charge in [-0.25, -0.2) is 0 Å². The molecule has 0 atom stereocenters. The maximum atomic E-state index is 9.50. The van der Waals surface area contributed by atoms with E-state index in [0.29, 0.717) is 6.54 Å². The van der Waals surface area contributed by atoms with Gasteiger partial charge in [0.15, 0.2) is 5.75 Å². The van der Waals surface area contributed by atoms with Crippen molar-refractivity contribution in [2.75, 3.05) is 12.4 Å². The third-order valence-corrected chi connectivity index (χ3v) is 3.55. The number of phenols is 1. The molecule has 0 amide bonds. The molecule has 0 aromatic heterocycles. The van der Waals surface area contributed by atoms with Crippen LogP contribution in [0.5, 0.6) is 11.5 Å². The molecular weight excluding hydrogens is 297 g/mol. The van der Waals surface area contributed by atoms with Crippen molar-refractivity contribution in [3.05, 3.63) is 51.5 Å². The molecule has 2 rings (SSSR count). The molecule has 0 unspecified atom stereocenters. The summed E-state index contributed by atoms with van der Waals surface area (Å²) in [6.45, 7) is 2.62. The molecule has 0 aliphatic carbocycles. The van der Waals surface area contributed by atoms with Gasteiger partial charge < -0.3 is 15.2 Å². The fourth-order valence-electron chi connectivity index (χ4n) is 1.92. The number of benzene rings is 2. The highest BCUT2D eigenvalue weighted by molar-refractivity contribution is 6.37. The summed E-state index contributed by atoms with van der Waals surface area (Å²) in [6.07, 6.45) is 0. The number of methoxy groups -OCH3 is 1. The van der Waals surface area contributed by atoms with Crippen LogP contribution >= 0.6 is 23.2 Å². The molecule has 0 heterocycles. The van der Waals surface area contributed by atoms with Gasteiger partial charge in [0, 0.05) is 12.2 Å². The number of hydrogen-bond donors (Lipinski definition) is 2. The Kier molecular flexibility index (Phi) is 4.63. The van der Waals surface area contributed by atoms with Gasteiger partial charge in [0.05, 0.1) is 17.2 Å². The molecule has 106 valence electrons. The summed E-state index contributed by atoms with van der Waals surface area (Å²) in [5.41, 5.74) is 2.95. The number of halogens is 2. The van der Waals surface area contributed by atoms with E-state index in [9.17, 15) is 5.11 Å². The molecule has 5 heteroatoms. The van der Waals surface area contributed by atoms with Crippen molar-refractivity contribution < 1.29 is 9.84 Å². The summed E-state index contributed by atoms with van der Waals surface area (Å²) in [4.78, 5) is 0. The standard InChI is InChI=1S/C15H15Cl2NO2/c1-9-5-10(3-4-14(9)20-2)8-18-11-6-12(16)15(19)13(17)7-11/h3-7,18-19H,8H2,1-2H3. The minimum atomic E-state index is -0.0980. The lowest BCUT2D eigenvalue weighted by Gasteiger charge is -2.11. The summed E-state index contributed by atoms with van der Waals surface area (Å²) < 4.78 is 5.22. The molecule has 0 aliphatic rings. The Morgan fingerprint density at radius 2 is 1.80 bits per heavy atom. The number of aromatic hydroxyl groups is 1. The molecule has 0 aliphatic heterocycles. The minimum Gasteiger partial charge on any atom is -0.505 e. The van der Waals surface area contributed by atoms with E-state index in [1.807, 2.05) is 19.1 Å². The van der Waals surface area contributed by atoms with Crippen molar-refractivity contribution >= 4 is 28.9 Å². The number of anilines is 1. The Hall–Kier alpha value is -1.58. The van der Waals surface area contributed by atoms with Crippen LogP contribution in [-0.2, 0) is 6.54 Å². The maximum absolute atomic E-state index is 9.50. The largest absolute Gasteiger partial charge is 0.505 e. The van der Waals surface area contributed by atoms with Crippen LogP contribution in [0.1, 0.15) is 11.1 Å². The van der Waals surface area contributed by atoms with Crippen molar-refractivity contribution in [1.29, 1.82) is 0 Å². The highest BCUT2D eigenvalue weighted by Crippen LogP contribution is 2.34. The van der Waals surface area contributed by atoms with Crippen molar-refractivity contribution in [2.24, 2.45) is 0 Å². The molecule has 0 radical (unpaired) electrons. The minimum absolute atomic E-state index is 0.0980. The lowest BCUT2D eigenvalue weighted by atomic mass is 10.1. The first-order valence-corrected chi connectivity index (χ1v) is 6.82. The van der Waals surface area contributed by atoms with Gasteiger partial charge in [0.25, 0.3) is 0 Å². The second-order valence-corrected chi connectivity index (χ2v) is 5.26. The average molecular weight is 312 g/mol. The second-order valence-electron chi connectivity index (χ2n) is 4.45. The number of phenolic OH excluding ortho intramolecular Hbond substituents is 1. The zero-order valence-corrected chi connectivity index (χ0v) is 12.7. The van der Waals surface area contributed by atoms with Crippen LogP contribution in [0.2, 0.25) is 10.0 Å². The van der Waals surface area contributed by atoms with Crippen molar-refractivity contribution in [2.45, 2.75) is 13.5 Å². The fraction of sp³-hybridized carbons (Fsp3) is 0.200. The second kappa shape index (κ2) is 6.25. The third kappa shape index (κ3) is 3.30. The Morgan fingerprint density at radius 1 is 1.15 bits per heavy atom. The van der Waals surface area contributed by atoms with E-state index >= 15 is 0 Å². The van der Waals surface area contributed by atoms with Gasteiger partial charge in [0.1, 0.15) is 5.75 Å². The van der Waals surface area contributed by atoms with E-state index in [0.717, 1.165) is 22.6 Å². The molecule has 3 nitrogen and oxygen atoms in total. The summed E-state index contributed by atoms with van der Waals surface area (Å²) in [6, 6.07) is 9.25. The van der Waals surface area contributed by atoms with Crippen molar-refractivity contribution in [3.63, 3.8) is 0 Å². The molecule has 2 aromatic rings. The first kappa shape index (κ1) is 14.8. The molecule has 20 heavy (non-hydrogen) atoms. The third-order valence-electron chi connectivity index (χ3n) is 2.97. The summed E-state index contributed by atoms with van der Waals surface area (Å²) in [5, 5.41) is 13.2. The van der Waals surface area contributed by atoms with E-state index < -0.39 is 0 Å². The summed E-state index contributed by atoms with van der Waals surface area (Å²) in [7, 11) is 1.65. The first-order valence-electron chi connectivity index (χ1n) is 6.06. The summed E-state index contributed by atoms with van der Waals surface area (Å²) >= 11 is 11.7. The fourth-order valence-corrected chi connectivity index (χ4v) is 2.41. The average Bonchev–Trinajstić information content (AvgIpc) is 2.42. The highest BCUT2D eigenvalue weighted by Gasteiger charge is 2.07. The van der Waals surface area contributed by atoms with Gasteiger partial charge in [-0.1, -0.05) is 35.3 Å². The number of ether oxygens (including phenoxy) is 1. The first-order chi connectivity index (χ1) is 9.51. The quantitative estimate of drug-likeness (QED) is 0.809. The van der Waals surface area contributed by atoms with Gasteiger partial charge in [-0.15, -0.1) is 0 Å². The smallest absolute Gasteiger partial charge is 0.152 e. The van der Waals surface area contributed by atoms with Crippen molar-refractivity contribution in [3.8, 4) is 11.5 Å². The van der Waals surface area contributed by atoms with Crippen molar-refractivity contribution in [1.82, 2.24) is 0 Å². The van der Waals surface area contributed by atoms with Gasteiger partial charge in [-0.05, 0) is 36.2 Å². The molecule has 0 bridgehead atoms. The normalized spacial score (nSPS) is 10.4. The highest BCUT2D eigenvalue weighted by atomic mass is 35.5. The Balaban J connectivity index is 2.11. The van der Waals surface area contributed by atoms with Crippen LogP contribution in [0, 0.1) is 6.92 Å². The number of hydrogen-bond acceptors (Lipinski definition) is 3. The molecule has 0 saturated carbocycles. The van der Waals surface area contributed by atoms with E-state index in [1.54, 1.807) is 19.2 Å². The van der Waals surface area contributed by atoms with Gasteiger partial charge in [-0.3, -0.25) is 0 Å². The number of rotatable bonds is 4. The van der Waals surface area contributed by atoms with E-state index in [4.69, 9.17) is 27.9 Å². The Bertz CT molecular complexity index is 606. The van der Waals surface area contributed by atoms with Crippen LogP contribution in [0.25, 0.3) is 0 Å². The Morgan fingerprint density at radius 3 is 2.35 bits per heavy atom. The lowest BCUT2D eigenvalue weighted by Crippen LogP contribution is -2.00. The molecule has 0 saturated heterocycles. The predicted molar refractivity (Wildman–Crippen MR) is 83.2 cm³/mol. The Labute approximate surface area is 128 Å². The van der Waals surface area contributed by atoms with E-state index in [-0.39, 0.29) is 15.8 Å². The maximum Gasteiger partial charge on any atom is 0.152 e. The van der Waals surface area contributed by atoms with Gasteiger partial charge in [-0.2, -0.15) is 0 Å². The number of aryl methyl sites for hydroxylation is 1. The van der Waals surface area contributed by atoms with Crippen LogP contribution in [0.15, 0.2) is 30.3 Å². The number of nitrogens with one attached hydrogen (secondary N) is 1. The van der Waals surface area contributed by atoms with Gasteiger partial charge >= 0.3 is 0 Å². The van der Waals surface area contributed by atoms with E-state index in [1.165, 1.54) is 0 Å². The lowest BCUT2D eigenvalue weighted by molar-refractivity contribution is 0.411. The zero-order valence-electron chi connectivity index (χ0n) is 11.2. The van der Waals surface area contributed by atoms with E-state index in [2.05, 4.69) is 11.4 Å². The molecule has 2 aromatic carbocycles. The molecule has 0 spiro atoms.